The highest BCUT2D eigenvalue weighted by atomic mass is 32.1. The molecule has 10 heteroatoms. The van der Waals surface area contributed by atoms with Crippen LogP contribution < -0.4 is 0 Å². The van der Waals surface area contributed by atoms with Crippen LogP contribution in [0.25, 0.3) is 27.4 Å². The number of aromatic amines is 1. The van der Waals surface area contributed by atoms with E-state index in [2.05, 4.69) is 27.1 Å². The number of nitrogens with zero attached hydrogens (tertiary/aromatic N) is 5. The lowest BCUT2D eigenvalue weighted by atomic mass is 9.89. The van der Waals surface area contributed by atoms with Crippen LogP contribution >= 0.6 is 11.3 Å². The first-order chi connectivity index (χ1) is 12.4. The smallest absolute Gasteiger partial charge is 0.273 e. The molecule has 0 spiro atoms. The molecule has 1 N–H and O–H groups in total. The second kappa shape index (κ2) is 5.26. The molecule has 0 amide bonds. The van der Waals surface area contributed by atoms with E-state index in [-0.39, 0.29) is 11.5 Å². The average molecular weight is 378 g/mol. The lowest BCUT2D eigenvalue weighted by Gasteiger charge is -2.17. The molecule has 0 radical (unpaired) electrons. The first kappa shape index (κ1) is 15.7. The summed E-state index contributed by atoms with van der Waals surface area (Å²) in [6, 6.07) is 0.921. The maximum atomic E-state index is 12.8. The van der Waals surface area contributed by atoms with E-state index in [1.807, 2.05) is 5.10 Å². The molecule has 1 aliphatic carbocycles. The molecule has 5 rings (SSSR count). The normalized spacial score (nSPS) is 17.9. The third kappa shape index (κ3) is 2.32. The number of nitrogens with one attached hydrogen (secondary N) is 1. The van der Waals surface area contributed by atoms with Gasteiger partial charge in [0.05, 0.1) is 5.39 Å². The van der Waals surface area contributed by atoms with Gasteiger partial charge < -0.3 is 0 Å². The predicted molar refractivity (Wildman–Crippen MR) is 89.9 cm³/mol. The van der Waals surface area contributed by atoms with Crippen LogP contribution in [0, 0.1) is 5.92 Å². The lowest BCUT2D eigenvalue weighted by Crippen LogP contribution is -2.08. The Labute approximate surface area is 149 Å². The summed E-state index contributed by atoms with van der Waals surface area (Å²) in [5.41, 5.74) is 1.01. The Balaban J connectivity index is 1.68. The van der Waals surface area contributed by atoms with Crippen molar-refractivity contribution in [3.8, 4) is 11.5 Å². The summed E-state index contributed by atoms with van der Waals surface area (Å²) >= 11 is 1.67. The van der Waals surface area contributed by atoms with E-state index < -0.39 is 11.9 Å². The van der Waals surface area contributed by atoms with E-state index in [9.17, 15) is 13.2 Å². The number of hydrogen-bond donors (Lipinski definition) is 1. The average Bonchev–Trinajstić information content (AvgIpc) is 3.28. The zero-order valence-corrected chi connectivity index (χ0v) is 14.4. The SMILES string of the molecule is C[C@@H]1CCc2c(sc3ncn4nc(-c5cc(C(F)(F)F)[nH]n5)nc4c23)C1. The van der Waals surface area contributed by atoms with Gasteiger partial charge in [0.2, 0.25) is 5.82 Å². The van der Waals surface area contributed by atoms with Crippen molar-refractivity contribution in [2.75, 3.05) is 0 Å². The van der Waals surface area contributed by atoms with Gasteiger partial charge in [-0.05, 0) is 36.8 Å². The number of alkyl halides is 3. The molecular formula is C16H13F3N6S. The van der Waals surface area contributed by atoms with Gasteiger partial charge in [-0.3, -0.25) is 5.10 Å². The number of aromatic nitrogens is 6. The number of fused-ring (bicyclic) bond motifs is 5. The molecule has 26 heavy (non-hydrogen) atoms. The molecule has 0 unspecified atom stereocenters. The largest absolute Gasteiger partial charge is 0.432 e. The van der Waals surface area contributed by atoms with Crippen molar-refractivity contribution < 1.29 is 13.2 Å². The predicted octanol–water partition coefficient (Wildman–Crippen LogP) is 3.87. The number of hydrogen-bond acceptors (Lipinski definition) is 5. The van der Waals surface area contributed by atoms with Crippen LogP contribution in [0.4, 0.5) is 13.2 Å². The molecule has 1 aliphatic rings. The summed E-state index contributed by atoms with van der Waals surface area (Å²) in [6.07, 6.45) is 0.160. The molecule has 4 heterocycles. The van der Waals surface area contributed by atoms with Crippen molar-refractivity contribution in [1.82, 2.24) is 29.8 Å². The van der Waals surface area contributed by atoms with E-state index >= 15 is 0 Å². The van der Waals surface area contributed by atoms with E-state index in [4.69, 9.17) is 0 Å². The Morgan fingerprint density at radius 1 is 1.35 bits per heavy atom. The van der Waals surface area contributed by atoms with Crippen LogP contribution in [0.3, 0.4) is 0 Å². The van der Waals surface area contributed by atoms with Crippen molar-refractivity contribution in [3.05, 3.63) is 28.5 Å². The maximum Gasteiger partial charge on any atom is 0.432 e. The third-order valence-corrected chi connectivity index (χ3v) is 5.91. The topological polar surface area (TPSA) is 71.8 Å². The zero-order chi connectivity index (χ0) is 18.1. The van der Waals surface area contributed by atoms with Crippen molar-refractivity contribution in [2.45, 2.75) is 32.4 Å². The van der Waals surface area contributed by atoms with Crippen molar-refractivity contribution in [2.24, 2.45) is 5.92 Å². The summed E-state index contributed by atoms with van der Waals surface area (Å²) in [7, 11) is 0. The van der Waals surface area contributed by atoms with Gasteiger partial charge in [0.1, 0.15) is 22.5 Å². The summed E-state index contributed by atoms with van der Waals surface area (Å²) in [5, 5.41) is 10.9. The molecule has 4 aromatic heterocycles. The number of rotatable bonds is 1. The summed E-state index contributed by atoms with van der Waals surface area (Å²) in [5.74, 6) is 0.792. The number of halogens is 3. The molecule has 0 bridgehead atoms. The fraction of sp³-hybridized carbons (Fsp3) is 0.375. The summed E-state index contributed by atoms with van der Waals surface area (Å²) < 4.78 is 39.9. The highest BCUT2D eigenvalue weighted by Crippen LogP contribution is 2.39. The van der Waals surface area contributed by atoms with Gasteiger partial charge in [0.15, 0.2) is 5.65 Å². The molecule has 0 saturated heterocycles. The first-order valence-electron chi connectivity index (χ1n) is 8.19. The Morgan fingerprint density at radius 3 is 2.96 bits per heavy atom. The van der Waals surface area contributed by atoms with Crippen molar-refractivity contribution >= 4 is 27.2 Å². The molecule has 0 aliphatic heterocycles. The zero-order valence-electron chi connectivity index (χ0n) is 13.6. The third-order valence-electron chi connectivity index (χ3n) is 4.74. The van der Waals surface area contributed by atoms with Gasteiger partial charge in [-0.2, -0.15) is 18.3 Å². The van der Waals surface area contributed by atoms with Crippen LogP contribution in [0.2, 0.25) is 0 Å². The minimum Gasteiger partial charge on any atom is -0.273 e. The van der Waals surface area contributed by atoms with Crippen LogP contribution in [-0.4, -0.2) is 29.8 Å². The van der Waals surface area contributed by atoms with Gasteiger partial charge in [-0.15, -0.1) is 16.4 Å². The number of thiophene rings is 1. The fourth-order valence-electron chi connectivity index (χ4n) is 3.43. The summed E-state index contributed by atoms with van der Waals surface area (Å²) in [4.78, 5) is 11.2. The number of H-pyrrole nitrogens is 1. The molecule has 0 aromatic carbocycles. The second-order valence-corrected chi connectivity index (χ2v) is 7.73. The van der Waals surface area contributed by atoms with E-state index in [0.717, 1.165) is 35.5 Å². The van der Waals surface area contributed by atoms with Crippen molar-refractivity contribution in [3.63, 3.8) is 0 Å². The summed E-state index contributed by atoms with van der Waals surface area (Å²) in [6.45, 7) is 2.24. The maximum absolute atomic E-state index is 12.8. The number of aryl methyl sites for hydroxylation is 1. The Bertz CT molecular complexity index is 1140. The van der Waals surface area contributed by atoms with Gasteiger partial charge >= 0.3 is 6.18 Å². The molecule has 6 nitrogen and oxygen atoms in total. The first-order valence-corrected chi connectivity index (χ1v) is 9.00. The molecule has 134 valence electrons. The van der Waals surface area contributed by atoms with Crippen LogP contribution in [0.1, 0.15) is 29.5 Å². The fourth-order valence-corrected chi connectivity index (χ4v) is 4.77. The highest BCUT2D eigenvalue weighted by Gasteiger charge is 2.33. The molecule has 4 aromatic rings. The molecule has 1 atom stereocenters. The molecule has 0 saturated carbocycles. The molecular weight excluding hydrogens is 365 g/mol. The van der Waals surface area contributed by atoms with Crippen LogP contribution in [0.15, 0.2) is 12.4 Å². The Hall–Kier alpha value is -2.49. The lowest BCUT2D eigenvalue weighted by molar-refractivity contribution is -0.141. The van der Waals surface area contributed by atoms with E-state index in [0.29, 0.717) is 11.6 Å². The van der Waals surface area contributed by atoms with Crippen LogP contribution in [0.5, 0.6) is 0 Å². The minimum atomic E-state index is -4.48. The van der Waals surface area contributed by atoms with E-state index in [1.165, 1.54) is 15.0 Å². The minimum absolute atomic E-state index is 0.0619. The standard InChI is InChI=1S/C16H13F3N6S/c1-7-2-3-8-10(4-7)26-15-12(8)14-21-13(24-25(14)6-20-15)9-5-11(23-22-9)16(17,18)19/h5-7H,2-4H2,1H3,(H,22,23)/t7-/m1/s1. The van der Waals surface area contributed by atoms with Crippen molar-refractivity contribution in [1.29, 1.82) is 0 Å². The van der Waals surface area contributed by atoms with E-state index in [1.54, 1.807) is 17.7 Å². The van der Waals surface area contributed by atoms with Crippen LogP contribution in [-0.2, 0) is 19.0 Å². The van der Waals surface area contributed by atoms with Gasteiger partial charge in [0, 0.05) is 4.88 Å². The molecule has 0 fully saturated rings. The monoisotopic (exact) mass is 378 g/mol. The van der Waals surface area contributed by atoms with Gasteiger partial charge in [0.25, 0.3) is 0 Å². The van der Waals surface area contributed by atoms with Gasteiger partial charge in [-0.1, -0.05) is 6.92 Å². The second-order valence-electron chi connectivity index (χ2n) is 6.64. The van der Waals surface area contributed by atoms with Gasteiger partial charge in [-0.25, -0.2) is 14.5 Å². The Kier molecular flexibility index (Phi) is 3.18. The Morgan fingerprint density at radius 2 is 2.19 bits per heavy atom. The quantitative estimate of drug-likeness (QED) is 0.546. The highest BCUT2D eigenvalue weighted by molar-refractivity contribution is 7.19.